The van der Waals surface area contributed by atoms with Crippen molar-refractivity contribution in [2.24, 2.45) is 0 Å². The first kappa shape index (κ1) is 51.5. The first-order chi connectivity index (χ1) is 28.4. The number of ether oxygens (including phenoxy) is 13. The molecule has 3 heterocycles. The molecule has 24 heteroatoms. The van der Waals surface area contributed by atoms with E-state index in [4.69, 9.17) is 61.6 Å². The van der Waals surface area contributed by atoms with E-state index in [0.29, 0.717) is 6.04 Å². The number of aliphatic hydroxyl groups excluding tert-OH is 3. The number of aliphatic hydroxyl groups is 3. The lowest BCUT2D eigenvalue weighted by atomic mass is 9.95. The fourth-order valence-electron chi connectivity index (χ4n) is 6.47. The zero-order chi connectivity index (χ0) is 45.9. The van der Waals surface area contributed by atoms with E-state index >= 15 is 0 Å². The molecule has 3 aliphatic heterocycles. The minimum atomic E-state index is -1.89. The van der Waals surface area contributed by atoms with Crippen LogP contribution in [0.15, 0.2) is 0 Å². The van der Waals surface area contributed by atoms with E-state index in [1.807, 2.05) is 0 Å². The van der Waals surface area contributed by atoms with E-state index in [-0.39, 0.29) is 6.61 Å². The molecule has 23 nitrogen and oxygen atoms in total. The first-order valence-corrected chi connectivity index (χ1v) is 23.1. The molecule has 15 atom stereocenters. The minimum Gasteiger partial charge on any atom is -0.463 e. The summed E-state index contributed by atoms with van der Waals surface area (Å²) in [5, 5.41) is 32.1. The summed E-state index contributed by atoms with van der Waals surface area (Å²) < 4.78 is 74.0. The fourth-order valence-corrected chi connectivity index (χ4v) is 7.20. The van der Waals surface area contributed by atoms with Crippen LogP contribution in [0.1, 0.15) is 48.5 Å². The molecule has 0 aromatic heterocycles. The molecule has 0 radical (unpaired) electrons. The Labute approximate surface area is 352 Å². The molecule has 3 saturated heterocycles. The van der Waals surface area contributed by atoms with Gasteiger partial charge in [0.15, 0.2) is 49.4 Å². The molecular formula is C37H58O23Si. The van der Waals surface area contributed by atoms with Crippen LogP contribution in [0.4, 0.5) is 0 Å². The monoisotopic (exact) mass is 898 g/mol. The van der Waals surface area contributed by atoms with Crippen molar-refractivity contribution in [3.8, 4) is 0 Å². The maximum atomic E-state index is 12.7. The average molecular weight is 899 g/mol. The molecule has 348 valence electrons. The van der Waals surface area contributed by atoms with Gasteiger partial charge in [0.2, 0.25) is 0 Å². The third-order valence-electron chi connectivity index (χ3n) is 9.11. The third-order valence-corrected chi connectivity index (χ3v) is 10.8. The van der Waals surface area contributed by atoms with E-state index in [1.165, 1.54) is 0 Å². The number of carbonyl (C=O) groups is 7. The van der Waals surface area contributed by atoms with Crippen LogP contribution in [0.5, 0.6) is 0 Å². The van der Waals surface area contributed by atoms with Gasteiger partial charge in [-0.25, -0.2) is 0 Å². The highest BCUT2D eigenvalue weighted by atomic mass is 28.3. The van der Waals surface area contributed by atoms with Crippen LogP contribution >= 0.6 is 0 Å². The van der Waals surface area contributed by atoms with Crippen LogP contribution < -0.4 is 0 Å². The van der Waals surface area contributed by atoms with Gasteiger partial charge in [-0.3, -0.25) is 33.6 Å². The molecule has 0 aliphatic carbocycles. The predicted octanol–water partition coefficient (Wildman–Crippen LogP) is -1.21. The summed E-state index contributed by atoms with van der Waals surface area (Å²) in [5.74, 6) is -6.32. The molecule has 3 fully saturated rings. The topological polar surface area (TPSA) is 300 Å². The van der Waals surface area contributed by atoms with Crippen LogP contribution in [0, 0.1) is 0 Å². The number of carbonyl (C=O) groups excluding carboxylic acids is 7. The Hall–Kier alpha value is -3.85. The quantitative estimate of drug-likeness (QED) is 0.0825. The van der Waals surface area contributed by atoms with Crippen LogP contribution in [-0.4, -0.2) is 184 Å². The SMILES string of the molecule is CC(=O)OC[C@H]1O[C@@H](O[C@H]2[C@H](OC(C)=O)[C@@H](OC(C)=O)[C@H](OC[C@H]3O[C@@H](OCC[Si](C)(C)C)[C@H](O)[C@@H](O)[C@H]3O)O[C@@H]2COC(C)=O)[C@H](OC(C)=O)[C@@H](OC(C)=O)[C@H]1OC(C)=O. The van der Waals surface area contributed by atoms with E-state index in [0.717, 1.165) is 48.5 Å². The maximum Gasteiger partial charge on any atom is 0.303 e. The predicted molar refractivity (Wildman–Crippen MR) is 200 cm³/mol. The van der Waals surface area contributed by atoms with Crippen molar-refractivity contribution < 1.29 is 110 Å². The molecule has 0 saturated carbocycles. The standard InChI is InChI=1S/C37H58O23Si/c1-16(38)49-14-24-29(52-18(3)40)31(53-19(4)41)34(56-22(7)44)37(59-24)60-30-25(15-50-17(2)39)58-36(33(55-21(6)43)32(30)54-20(5)42)51-13-23-26(45)27(46)28(47)35(57-23)48-11-12-61(8,9)10/h23-37,45-47H,11-15H2,1-10H3/t23-,24-,25-,26+,27+,28-,29+,30-,31+,32+,33-,34-,35-,36-,37+/m1/s1. The van der Waals surface area contributed by atoms with E-state index in [9.17, 15) is 48.9 Å². The lowest BCUT2D eigenvalue weighted by Crippen LogP contribution is -2.67. The van der Waals surface area contributed by atoms with Gasteiger partial charge in [-0.1, -0.05) is 19.6 Å². The van der Waals surface area contributed by atoms with E-state index < -0.39 is 162 Å². The van der Waals surface area contributed by atoms with Gasteiger partial charge in [-0.2, -0.15) is 0 Å². The average Bonchev–Trinajstić information content (AvgIpc) is 3.12. The zero-order valence-electron chi connectivity index (χ0n) is 35.7. The largest absolute Gasteiger partial charge is 0.463 e. The Kier molecular flexibility index (Phi) is 19.4. The van der Waals surface area contributed by atoms with E-state index in [1.54, 1.807) is 0 Å². The second kappa shape index (κ2) is 23.0. The molecule has 0 aromatic carbocycles. The lowest BCUT2D eigenvalue weighted by molar-refractivity contribution is -0.365. The number of hydrogen-bond donors (Lipinski definition) is 3. The number of rotatable bonds is 18. The molecule has 3 rings (SSSR count). The first-order valence-electron chi connectivity index (χ1n) is 19.4. The third kappa shape index (κ3) is 15.8. The Morgan fingerprint density at radius 2 is 0.852 bits per heavy atom. The van der Waals surface area contributed by atoms with Crippen LogP contribution in [0.3, 0.4) is 0 Å². The summed E-state index contributed by atoms with van der Waals surface area (Å²) in [6, 6.07) is 0.682. The fraction of sp³-hybridized carbons (Fsp3) is 0.811. The van der Waals surface area contributed by atoms with Gasteiger partial charge < -0.3 is 76.9 Å². The van der Waals surface area contributed by atoms with Crippen molar-refractivity contribution in [3.63, 3.8) is 0 Å². The van der Waals surface area contributed by atoms with Crippen LogP contribution in [0.25, 0.3) is 0 Å². The van der Waals surface area contributed by atoms with Crippen molar-refractivity contribution in [2.45, 2.75) is 166 Å². The Bertz CT molecular complexity index is 1540. The highest BCUT2D eigenvalue weighted by Gasteiger charge is 2.58. The van der Waals surface area contributed by atoms with E-state index in [2.05, 4.69) is 19.6 Å². The summed E-state index contributed by atoms with van der Waals surface area (Å²) in [6.07, 6.45) is -24.8. The van der Waals surface area contributed by atoms with Crippen molar-refractivity contribution >= 4 is 49.9 Å². The summed E-state index contributed by atoms with van der Waals surface area (Å²) in [6.45, 7) is 11.8. The molecule has 3 N–H and O–H groups in total. The van der Waals surface area contributed by atoms with Gasteiger partial charge in [-0.05, 0) is 6.04 Å². The summed E-state index contributed by atoms with van der Waals surface area (Å²) in [5.41, 5.74) is 0. The highest BCUT2D eigenvalue weighted by Crippen LogP contribution is 2.36. The smallest absolute Gasteiger partial charge is 0.303 e. The van der Waals surface area contributed by atoms with Crippen molar-refractivity contribution in [1.29, 1.82) is 0 Å². The zero-order valence-corrected chi connectivity index (χ0v) is 36.7. The van der Waals surface area contributed by atoms with Gasteiger partial charge in [-0.15, -0.1) is 0 Å². The maximum absolute atomic E-state index is 12.7. The second-order valence-electron chi connectivity index (χ2n) is 15.7. The van der Waals surface area contributed by atoms with Crippen molar-refractivity contribution in [3.05, 3.63) is 0 Å². The molecule has 0 spiro atoms. The Morgan fingerprint density at radius 1 is 0.443 bits per heavy atom. The Balaban J connectivity index is 2.08. The molecule has 0 bridgehead atoms. The van der Waals surface area contributed by atoms with Gasteiger partial charge in [0.25, 0.3) is 0 Å². The summed E-state index contributed by atoms with van der Waals surface area (Å²) >= 11 is 0. The summed E-state index contributed by atoms with van der Waals surface area (Å²) in [7, 11) is -1.59. The highest BCUT2D eigenvalue weighted by molar-refractivity contribution is 6.76. The minimum absolute atomic E-state index is 0.178. The number of esters is 7. The lowest BCUT2D eigenvalue weighted by Gasteiger charge is -2.49. The van der Waals surface area contributed by atoms with Gasteiger partial charge in [0, 0.05) is 63.1 Å². The van der Waals surface area contributed by atoms with Crippen molar-refractivity contribution in [1.82, 2.24) is 0 Å². The molecular weight excluding hydrogens is 840 g/mol. The van der Waals surface area contributed by atoms with Crippen molar-refractivity contribution in [2.75, 3.05) is 26.4 Å². The number of hydrogen-bond acceptors (Lipinski definition) is 23. The molecule has 0 unspecified atom stereocenters. The molecule has 0 aromatic rings. The normalized spacial score (nSPS) is 34.0. The van der Waals surface area contributed by atoms with Gasteiger partial charge in [0.1, 0.15) is 55.9 Å². The van der Waals surface area contributed by atoms with Crippen LogP contribution in [0.2, 0.25) is 25.7 Å². The molecule has 0 amide bonds. The molecule has 61 heavy (non-hydrogen) atoms. The van der Waals surface area contributed by atoms with Gasteiger partial charge in [0.05, 0.1) is 6.61 Å². The van der Waals surface area contributed by atoms with Gasteiger partial charge >= 0.3 is 41.8 Å². The summed E-state index contributed by atoms with van der Waals surface area (Å²) in [4.78, 5) is 86.5. The van der Waals surface area contributed by atoms with Crippen LogP contribution in [-0.2, 0) is 95.1 Å². The Morgan fingerprint density at radius 3 is 1.33 bits per heavy atom. The molecule has 3 aliphatic rings. The second-order valence-corrected chi connectivity index (χ2v) is 21.3.